The molecule has 0 aliphatic carbocycles. The van der Waals surface area contributed by atoms with Gasteiger partial charge in [-0.25, -0.2) is 8.93 Å². The lowest BCUT2D eigenvalue weighted by Crippen LogP contribution is -2.50. The van der Waals surface area contributed by atoms with Gasteiger partial charge in [0.25, 0.3) is 0 Å². The van der Waals surface area contributed by atoms with Crippen LogP contribution in [0, 0.1) is 0 Å². The zero-order chi connectivity index (χ0) is 8.97. The van der Waals surface area contributed by atoms with E-state index in [0.717, 1.165) is 13.0 Å². The maximum Gasteiger partial charge on any atom is 0.0915 e. The summed E-state index contributed by atoms with van der Waals surface area (Å²) in [7, 11) is -0.835. The van der Waals surface area contributed by atoms with Crippen molar-refractivity contribution in [3.05, 3.63) is 0 Å². The van der Waals surface area contributed by atoms with E-state index in [1.165, 1.54) is 6.42 Å². The fourth-order valence-corrected chi connectivity index (χ4v) is 2.28. The molecular weight excluding hydrogens is 172 g/mol. The molecular formula is C8H18N2OS. The molecule has 0 aromatic carbocycles. The number of rotatable bonds is 3. The molecule has 1 heterocycles. The molecule has 1 saturated heterocycles. The molecule has 12 heavy (non-hydrogen) atoms. The van der Waals surface area contributed by atoms with Gasteiger partial charge in [-0.2, -0.15) is 0 Å². The standard InChI is InChI=1S/C8H18N2OS/c1-3-12(11)10-8-5-4-6-9-7(8)2/h7-10H,3-6H2,1-2H3. The predicted molar refractivity (Wildman–Crippen MR) is 52.3 cm³/mol. The highest BCUT2D eigenvalue weighted by molar-refractivity contribution is 7.82. The molecule has 1 rings (SSSR count). The quantitative estimate of drug-likeness (QED) is 0.676. The third-order valence-corrected chi connectivity index (χ3v) is 3.40. The first-order chi connectivity index (χ1) is 5.74. The van der Waals surface area contributed by atoms with E-state index in [0.29, 0.717) is 17.8 Å². The molecule has 0 spiro atoms. The first-order valence-corrected chi connectivity index (χ1v) is 5.94. The van der Waals surface area contributed by atoms with Gasteiger partial charge in [0.15, 0.2) is 0 Å². The van der Waals surface area contributed by atoms with Crippen LogP contribution in [0.3, 0.4) is 0 Å². The van der Waals surface area contributed by atoms with Gasteiger partial charge in [-0.1, -0.05) is 6.92 Å². The highest BCUT2D eigenvalue weighted by Gasteiger charge is 2.21. The maximum absolute atomic E-state index is 11.2. The molecule has 0 amide bonds. The summed E-state index contributed by atoms with van der Waals surface area (Å²) in [6, 6.07) is 0.841. The Morgan fingerprint density at radius 3 is 3.00 bits per heavy atom. The molecule has 1 aliphatic rings. The first-order valence-electron chi connectivity index (χ1n) is 4.62. The normalized spacial score (nSPS) is 33.2. The lowest BCUT2D eigenvalue weighted by Gasteiger charge is -2.29. The van der Waals surface area contributed by atoms with Gasteiger partial charge in [-0.05, 0) is 26.3 Å². The summed E-state index contributed by atoms with van der Waals surface area (Å²) in [5.74, 6) is 0.698. The third-order valence-electron chi connectivity index (χ3n) is 2.31. The summed E-state index contributed by atoms with van der Waals surface area (Å²) in [5, 5.41) is 3.36. The Morgan fingerprint density at radius 2 is 2.42 bits per heavy atom. The molecule has 0 saturated carbocycles. The summed E-state index contributed by atoms with van der Waals surface area (Å²) < 4.78 is 14.3. The van der Waals surface area contributed by atoms with Crippen LogP contribution < -0.4 is 10.0 Å². The average molecular weight is 190 g/mol. The number of hydrogen-bond acceptors (Lipinski definition) is 2. The van der Waals surface area contributed by atoms with Gasteiger partial charge in [-0.3, -0.25) is 0 Å². The lowest BCUT2D eigenvalue weighted by atomic mass is 10.0. The van der Waals surface area contributed by atoms with Gasteiger partial charge >= 0.3 is 0 Å². The van der Waals surface area contributed by atoms with E-state index in [1.807, 2.05) is 6.92 Å². The Labute approximate surface area is 76.9 Å². The summed E-state index contributed by atoms with van der Waals surface area (Å²) >= 11 is 0. The third kappa shape index (κ3) is 2.84. The number of piperidine rings is 1. The van der Waals surface area contributed by atoms with E-state index in [9.17, 15) is 4.21 Å². The molecule has 1 aliphatic heterocycles. The predicted octanol–water partition coefficient (Wildman–Crippen LogP) is 0.400. The second-order valence-electron chi connectivity index (χ2n) is 3.24. The van der Waals surface area contributed by atoms with Crippen LogP contribution >= 0.6 is 0 Å². The summed E-state index contributed by atoms with van der Waals surface area (Å²) in [5.41, 5.74) is 0. The Kier molecular flexibility index (Phi) is 4.18. The van der Waals surface area contributed by atoms with E-state index in [-0.39, 0.29) is 0 Å². The van der Waals surface area contributed by atoms with Gasteiger partial charge in [0, 0.05) is 17.8 Å². The van der Waals surface area contributed by atoms with Gasteiger partial charge in [-0.15, -0.1) is 0 Å². The zero-order valence-electron chi connectivity index (χ0n) is 7.80. The smallest absolute Gasteiger partial charge is 0.0915 e. The van der Waals surface area contributed by atoms with E-state index < -0.39 is 11.0 Å². The van der Waals surface area contributed by atoms with Crippen LogP contribution in [0.25, 0.3) is 0 Å². The lowest BCUT2D eigenvalue weighted by molar-refractivity contribution is 0.353. The molecule has 4 heteroatoms. The van der Waals surface area contributed by atoms with Crippen LogP contribution in [-0.4, -0.2) is 28.6 Å². The molecule has 3 atom stereocenters. The van der Waals surface area contributed by atoms with Crippen molar-refractivity contribution in [2.24, 2.45) is 0 Å². The van der Waals surface area contributed by atoms with Crippen LogP contribution in [0.4, 0.5) is 0 Å². The van der Waals surface area contributed by atoms with Crippen LogP contribution in [0.1, 0.15) is 26.7 Å². The highest BCUT2D eigenvalue weighted by atomic mass is 32.2. The van der Waals surface area contributed by atoms with Crippen molar-refractivity contribution >= 4 is 11.0 Å². The van der Waals surface area contributed by atoms with Crippen molar-refractivity contribution < 1.29 is 4.21 Å². The topological polar surface area (TPSA) is 41.1 Å². The minimum absolute atomic E-state index is 0.388. The summed E-state index contributed by atoms with van der Waals surface area (Å²) in [6.07, 6.45) is 2.32. The van der Waals surface area contributed by atoms with Crippen molar-refractivity contribution in [2.45, 2.75) is 38.8 Å². The Morgan fingerprint density at radius 1 is 1.67 bits per heavy atom. The fraction of sp³-hybridized carbons (Fsp3) is 1.00. The van der Waals surface area contributed by atoms with Crippen LogP contribution in [0.2, 0.25) is 0 Å². The fourth-order valence-electron chi connectivity index (χ4n) is 1.46. The van der Waals surface area contributed by atoms with Crippen molar-refractivity contribution in [3.63, 3.8) is 0 Å². The second-order valence-corrected chi connectivity index (χ2v) is 4.75. The molecule has 3 nitrogen and oxygen atoms in total. The molecule has 0 aromatic heterocycles. The Bertz CT molecular complexity index is 163. The Hall–Kier alpha value is 0.0700. The van der Waals surface area contributed by atoms with Gasteiger partial charge in [0.2, 0.25) is 0 Å². The maximum atomic E-state index is 11.2. The van der Waals surface area contributed by atoms with E-state index in [4.69, 9.17) is 0 Å². The van der Waals surface area contributed by atoms with E-state index in [2.05, 4.69) is 17.0 Å². The molecule has 3 unspecified atom stereocenters. The number of hydrogen-bond donors (Lipinski definition) is 2. The van der Waals surface area contributed by atoms with Crippen LogP contribution in [-0.2, 0) is 11.0 Å². The molecule has 0 radical (unpaired) electrons. The SMILES string of the molecule is CCS(=O)NC1CCCNC1C. The summed E-state index contributed by atoms with van der Waals surface area (Å²) in [6.45, 7) is 5.17. The molecule has 1 fully saturated rings. The summed E-state index contributed by atoms with van der Waals surface area (Å²) in [4.78, 5) is 0. The average Bonchev–Trinajstić information content (AvgIpc) is 2.09. The minimum Gasteiger partial charge on any atom is -0.313 e. The van der Waals surface area contributed by atoms with Gasteiger partial charge in [0.1, 0.15) is 0 Å². The van der Waals surface area contributed by atoms with Crippen molar-refractivity contribution in [3.8, 4) is 0 Å². The van der Waals surface area contributed by atoms with Gasteiger partial charge < -0.3 is 5.32 Å². The van der Waals surface area contributed by atoms with Crippen LogP contribution in [0.5, 0.6) is 0 Å². The van der Waals surface area contributed by atoms with Crippen molar-refractivity contribution in [1.29, 1.82) is 0 Å². The van der Waals surface area contributed by atoms with Gasteiger partial charge in [0.05, 0.1) is 11.0 Å². The zero-order valence-corrected chi connectivity index (χ0v) is 8.62. The Balaban J connectivity index is 2.33. The van der Waals surface area contributed by atoms with Crippen molar-refractivity contribution in [2.75, 3.05) is 12.3 Å². The second kappa shape index (κ2) is 4.94. The molecule has 2 N–H and O–H groups in total. The van der Waals surface area contributed by atoms with Crippen molar-refractivity contribution in [1.82, 2.24) is 10.0 Å². The van der Waals surface area contributed by atoms with E-state index >= 15 is 0 Å². The largest absolute Gasteiger partial charge is 0.313 e. The first kappa shape index (κ1) is 10.2. The number of nitrogens with one attached hydrogen (secondary N) is 2. The molecule has 0 bridgehead atoms. The highest BCUT2D eigenvalue weighted by Crippen LogP contribution is 2.08. The minimum atomic E-state index is -0.835. The monoisotopic (exact) mass is 190 g/mol. The van der Waals surface area contributed by atoms with E-state index in [1.54, 1.807) is 0 Å². The van der Waals surface area contributed by atoms with Crippen LogP contribution in [0.15, 0.2) is 0 Å². The molecule has 0 aromatic rings. The molecule has 72 valence electrons.